The number of rotatable bonds is 4. The summed E-state index contributed by atoms with van der Waals surface area (Å²) < 4.78 is 0. The summed E-state index contributed by atoms with van der Waals surface area (Å²) in [6.07, 6.45) is 0. The molecule has 4 rings (SSSR count). The Bertz CT molecular complexity index is 1160. The highest BCUT2D eigenvalue weighted by Crippen LogP contribution is 2.42. The Morgan fingerprint density at radius 3 is 2.10 bits per heavy atom. The highest BCUT2D eigenvalue weighted by atomic mass is 16.6. The lowest BCUT2D eigenvalue weighted by atomic mass is 9.93. The third kappa shape index (κ3) is 3.54. The minimum atomic E-state index is -1.15. The van der Waals surface area contributed by atoms with Crippen LogP contribution in [0, 0.1) is 10.1 Å². The zero-order valence-corrected chi connectivity index (χ0v) is 17.2. The number of nitro groups is 1. The van der Waals surface area contributed by atoms with E-state index in [1.807, 2.05) is 54.6 Å². The number of hydrogen-bond donors (Lipinski definition) is 0. The molecule has 3 aromatic rings. The van der Waals surface area contributed by atoms with Gasteiger partial charge in [-0.2, -0.15) is 0 Å². The molecule has 7 nitrogen and oxygen atoms in total. The van der Waals surface area contributed by atoms with Gasteiger partial charge >= 0.3 is 0 Å². The van der Waals surface area contributed by atoms with E-state index in [1.165, 1.54) is 29.2 Å². The van der Waals surface area contributed by atoms with Gasteiger partial charge in [-0.3, -0.25) is 24.6 Å². The molecule has 0 aromatic heterocycles. The number of hydrogen-bond acceptors (Lipinski definition) is 4. The van der Waals surface area contributed by atoms with Crippen LogP contribution in [0.25, 0.3) is 0 Å². The van der Waals surface area contributed by atoms with Gasteiger partial charge in [0.2, 0.25) is 0 Å². The second-order valence-electron chi connectivity index (χ2n) is 7.87. The molecule has 7 heteroatoms. The number of amides is 2. The average Bonchev–Trinajstić information content (AvgIpc) is 2.77. The molecule has 0 atom stereocenters. The van der Waals surface area contributed by atoms with Crippen molar-refractivity contribution in [1.82, 2.24) is 0 Å². The molecule has 0 saturated heterocycles. The van der Waals surface area contributed by atoms with E-state index >= 15 is 0 Å². The monoisotopic (exact) mass is 415 g/mol. The van der Waals surface area contributed by atoms with E-state index in [2.05, 4.69) is 0 Å². The van der Waals surface area contributed by atoms with Crippen LogP contribution in [-0.4, -0.2) is 22.3 Å². The predicted octanol–water partition coefficient (Wildman–Crippen LogP) is 4.57. The summed E-state index contributed by atoms with van der Waals surface area (Å²) in [7, 11) is 0. The largest absolute Gasteiger partial charge is 0.304 e. The number of anilines is 2. The Kier molecular flexibility index (Phi) is 5.02. The maximum atomic E-state index is 13.5. The first-order chi connectivity index (χ1) is 14.8. The van der Waals surface area contributed by atoms with Gasteiger partial charge in [0.05, 0.1) is 22.8 Å². The predicted molar refractivity (Wildman–Crippen MR) is 118 cm³/mol. The molecule has 0 saturated carbocycles. The van der Waals surface area contributed by atoms with Crippen LogP contribution in [0.4, 0.5) is 17.1 Å². The minimum Gasteiger partial charge on any atom is -0.304 e. The van der Waals surface area contributed by atoms with Crippen molar-refractivity contribution >= 4 is 28.9 Å². The summed E-state index contributed by atoms with van der Waals surface area (Å²) in [6, 6.07) is 22.4. The Morgan fingerprint density at radius 2 is 1.48 bits per heavy atom. The first-order valence-corrected chi connectivity index (χ1v) is 9.84. The third-order valence-electron chi connectivity index (χ3n) is 5.45. The number of fused-ring (bicyclic) bond motifs is 1. The molecule has 0 bridgehead atoms. The number of carbonyl (C=O) groups excluding carboxylic acids is 2. The van der Waals surface area contributed by atoms with Crippen molar-refractivity contribution in [3.05, 3.63) is 100 Å². The number of carbonyl (C=O) groups is 2. The van der Waals surface area contributed by atoms with Gasteiger partial charge in [-0.15, -0.1) is 0 Å². The molecule has 0 radical (unpaired) electrons. The molecule has 1 heterocycles. The quantitative estimate of drug-likeness (QED) is 0.462. The standard InChI is InChI=1S/C24H21N3O4/c1-24(2)23(29)25(16-17-8-4-3-5-9-17)20-10-6-7-11-21(20)26(24)22(28)18-12-14-19(15-13-18)27(30)31/h3-15H,16H2,1-2H3. The molecule has 156 valence electrons. The first-order valence-electron chi connectivity index (χ1n) is 9.84. The van der Waals surface area contributed by atoms with Crippen LogP contribution in [0.15, 0.2) is 78.9 Å². The normalized spacial score (nSPS) is 14.8. The van der Waals surface area contributed by atoms with Crippen LogP contribution >= 0.6 is 0 Å². The smallest absolute Gasteiger partial charge is 0.269 e. The van der Waals surface area contributed by atoms with Gasteiger partial charge in [0.1, 0.15) is 5.54 Å². The Hall–Kier alpha value is -4.00. The molecule has 0 fully saturated rings. The first kappa shape index (κ1) is 20.3. The van der Waals surface area contributed by atoms with Crippen molar-refractivity contribution in [3.8, 4) is 0 Å². The van der Waals surface area contributed by atoms with E-state index in [9.17, 15) is 19.7 Å². The van der Waals surface area contributed by atoms with Crippen molar-refractivity contribution in [2.45, 2.75) is 25.9 Å². The van der Waals surface area contributed by atoms with Crippen molar-refractivity contribution in [2.75, 3.05) is 9.80 Å². The van der Waals surface area contributed by atoms with Gasteiger partial charge in [0.25, 0.3) is 17.5 Å². The van der Waals surface area contributed by atoms with E-state index in [1.54, 1.807) is 18.7 Å². The van der Waals surface area contributed by atoms with Gasteiger partial charge in [-0.1, -0.05) is 42.5 Å². The maximum Gasteiger partial charge on any atom is 0.269 e. The minimum absolute atomic E-state index is 0.0973. The molecular weight excluding hydrogens is 394 g/mol. The topological polar surface area (TPSA) is 83.8 Å². The Labute approximate surface area is 179 Å². The summed E-state index contributed by atoms with van der Waals surface area (Å²) >= 11 is 0. The fraction of sp³-hybridized carbons (Fsp3) is 0.167. The third-order valence-corrected chi connectivity index (χ3v) is 5.45. The molecule has 1 aliphatic rings. The lowest BCUT2D eigenvalue weighted by Gasteiger charge is -2.46. The second kappa shape index (κ2) is 7.68. The van der Waals surface area contributed by atoms with Crippen molar-refractivity contribution in [3.63, 3.8) is 0 Å². The Balaban J connectivity index is 1.77. The fourth-order valence-electron chi connectivity index (χ4n) is 3.86. The van der Waals surface area contributed by atoms with Crippen LogP contribution < -0.4 is 9.80 Å². The number of para-hydroxylation sites is 2. The molecular formula is C24H21N3O4. The molecule has 3 aromatic carbocycles. The SMILES string of the molecule is CC1(C)C(=O)N(Cc2ccccc2)c2ccccc2N1C(=O)c1ccc([N+](=O)[O-])cc1. The van der Waals surface area contributed by atoms with E-state index in [0.717, 1.165) is 5.56 Å². The van der Waals surface area contributed by atoms with Crippen LogP contribution in [0.2, 0.25) is 0 Å². The molecule has 1 aliphatic heterocycles. The molecule has 2 amide bonds. The van der Waals surface area contributed by atoms with Crippen LogP contribution in [0.5, 0.6) is 0 Å². The van der Waals surface area contributed by atoms with Crippen molar-refractivity contribution < 1.29 is 14.5 Å². The number of non-ortho nitro benzene ring substituents is 1. The Morgan fingerprint density at radius 1 is 0.903 bits per heavy atom. The van der Waals surface area contributed by atoms with Gasteiger partial charge in [0, 0.05) is 17.7 Å². The number of nitrogens with zero attached hydrogens (tertiary/aromatic N) is 3. The molecule has 0 N–H and O–H groups in total. The van der Waals surface area contributed by atoms with Gasteiger partial charge in [0.15, 0.2) is 0 Å². The van der Waals surface area contributed by atoms with Crippen LogP contribution in [-0.2, 0) is 11.3 Å². The highest BCUT2D eigenvalue weighted by Gasteiger charge is 2.47. The fourth-order valence-corrected chi connectivity index (χ4v) is 3.86. The summed E-state index contributed by atoms with van der Waals surface area (Å²) in [5.41, 5.74) is 1.27. The van der Waals surface area contributed by atoms with Crippen molar-refractivity contribution in [2.24, 2.45) is 0 Å². The number of nitro benzene ring substituents is 1. The molecule has 0 unspecified atom stereocenters. The lowest BCUT2D eigenvalue weighted by Crippen LogP contribution is -2.62. The van der Waals surface area contributed by atoms with Crippen LogP contribution in [0.1, 0.15) is 29.8 Å². The van der Waals surface area contributed by atoms with Crippen LogP contribution in [0.3, 0.4) is 0 Å². The van der Waals surface area contributed by atoms with Crippen molar-refractivity contribution in [1.29, 1.82) is 0 Å². The van der Waals surface area contributed by atoms with Gasteiger partial charge in [-0.05, 0) is 43.7 Å². The average molecular weight is 415 g/mol. The summed E-state index contributed by atoms with van der Waals surface area (Å²) in [4.78, 5) is 40.6. The van der Waals surface area contributed by atoms with E-state index in [-0.39, 0.29) is 23.1 Å². The van der Waals surface area contributed by atoms with E-state index < -0.39 is 10.5 Å². The zero-order valence-electron chi connectivity index (χ0n) is 17.2. The number of benzene rings is 3. The second-order valence-corrected chi connectivity index (χ2v) is 7.87. The zero-order chi connectivity index (χ0) is 22.2. The lowest BCUT2D eigenvalue weighted by molar-refractivity contribution is -0.384. The van der Waals surface area contributed by atoms with E-state index in [4.69, 9.17) is 0 Å². The summed E-state index contributed by atoms with van der Waals surface area (Å²) in [5.74, 6) is -0.592. The van der Waals surface area contributed by atoms with E-state index in [0.29, 0.717) is 17.9 Å². The van der Waals surface area contributed by atoms with Gasteiger partial charge in [-0.25, -0.2) is 0 Å². The molecule has 0 spiro atoms. The molecule has 31 heavy (non-hydrogen) atoms. The summed E-state index contributed by atoms with van der Waals surface area (Å²) in [5, 5.41) is 10.9. The van der Waals surface area contributed by atoms with Gasteiger partial charge < -0.3 is 4.90 Å². The summed E-state index contributed by atoms with van der Waals surface area (Å²) in [6.45, 7) is 3.82. The maximum absolute atomic E-state index is 13.5. The highest BCUT2D eigenvalue weighted by molar-refractivity contribution is 6.19. The molecule has 0 aliphatic carbocycles.